The predicted molar refractivity (Wildman–Crippen MR) is 71.8 cm³/mol. The van der Waals surface area contributed by atoms with E-state index < -0.39 is 0 Å². The van der Waals surface area contributed by atoms with Gasteiger partial charge in [0, 0.05) is 13.1 Å². The maximum Gasteiger partial charge on any atom is 0.234 e. The van der Waals surface area contributed by atoms with E-state index in [9.17, 15) is 4.79 Å². The molecule has 6 nitrogen and oxygen atoms in total. The van der Waals surface area contributed by atoms with Gasteiger partial charge in [0.2, 0.25) is 11.8 Å². The third-order valence-corrected chi connectivity index (χ3v) is 3.31. The van der Waals surface area contributed by atoms with E-state index in [2.05, 4.69) is 20.5 Å². The number of rotatable bonds is 4. The smallest absolute Gasteiger partial charge is 0.234 e. The Hall–Kier alpha value is -1.40. The molecule has 0 radical (unpaired) electrons. The number of oxazole rings is 1. The molecule has 1 aliphatic rings. The second kappa shape index (κ2) is 6.68. The average molecular weight is 266 g/mol. The molecule has 1 aromatic heterocycles. The minimum Gasteiger partial charge on any atom is -0.444 e. The lowest BCUT2D eigenvalue weighted by molar-refractivity contribution is -0.122. The van der Waals surface area contributed by atoms with E-state index in [0.29, 0.717) is 19.0 Å². The van der Waals surface area contributed by atoms with E-state index >= 15 is 0 Å². The van der Waals surface area contributed by atoms with Crippen molar-refractivity contribution in [2.45, 2.75) is 26.8 Å². The fourth-order valence-corrected chi connectivity index (χ4v) is 2.11. The topological polar surface area (TPSA) is 70.4 Å². The van der Waals surface area contributed by atoms with E-state index in [1.807, 2.05) is 13.8 Å². The molecule has 6 heteroatoms. The Morgan fingerprint density at radius 1 is 1.42 bits per heavy atom. The first kappa shape index (κ1) is 14.0. The van der Waals surface area contributed by atoms with Crippen molar-refractivity contribution in [1.82, 2.24) is 20.5 Å². The summed E-state index contributed by atoms with van der Waals surface area (Å²) in [7, 11) is 0. The molecule has 1 aromatic rings. The summed E-state index contributed by atoms with van der Waals surface area (Å²) in [6, 6.07) is 0. The van der Waals surface area contributed by atoms with Crippen LogP contribution >= 0.6 is 0 Å². The van der Waals surface area contributed by atoms with Crippen LogP contribution in [-0.4, -0.2) is 48.5 Å². The van der Waals surface area contributed by atoms with Gasteiger partial charge in [-0.3, -0.25) is 9.69 Å². The second-order valence-electron chi connectivity index (χ2n) is 4.91. The van der Waals surface area contributed by atoms with Gasteiger partial charge in [-0.05, 0) is 33.4 Å². The molecule has 19 heavy (non-hydrogen) atoms. The van der Waals surface area contributed by atoms with Crippen molar-refractivity contribution in [2.24, 2.45) is 0 Å². The number of aromatic nitrogens is 1. The third-order valence-electron chi connectivity index (χ3n) is 3.31. The highest BCUT2D eigenvalue weighted by molar-refractivity contribution is 5.77. The first-order valence-electron chi connectivity index (χ1n) is 6.78. The largest absolute Gasteiger partial charge is 0.444 e. The first-order chi connectivity index (χ1) is 9.15. The zero-order chi connectivity index (χ0) is 13.7. The summed E-state index contributed by atoms with van der Waals surface area (Å²) >= 11 is 0. The number of nitrogens with one attached hydrogen (secondary N) is 2. The Kier molecular flexibility index (Phi) is 4.93. The molecule has 1 saturated heterocycles. The molecule has 106 valence electrons. The summed E-state index contributed by atoms with van der Waals surface area (Å²) in [6.07, 6.45) is 1.09. The molecule has 1 fully saturated rings. The number of hydrogen-bond donors (Lipinski definition) is 2. The van der Waals surface area contributed by atoms with Gasteiger partial charge in [0.25, 0.3) is 0 Å². The van der Waals surface area contributed by atoms with Crippen LogP contribution in [0.15, 0.2) is 4.42 Å². The van der Waals surface area contributed by atoms with Crippen LogP contribution in [0.4, 0.5) is 0 Å². The second-order valence-corrected chi connectivity index (χ2v) is 4.91. The molecule has 2 rings (SSSR count). The number of hydrogen-bond acceptors (Lipinski definition) is 5. The maximum absolute atomic E-state index is 11.8. The monoisotopic (exact) mass is 266 g/mol. The van der Waals surface area contributed by atoms with Crippen molar-refractivity contribution in [1.29, 1.82) is 0 Å². The Balaban J connectivity index is 1.74. The number of carbonyl (C=O) groups is 1. The van der Waals surface area contributed by atoms with Crippen molar-refractivity contribution in [3.63, 3.8) is 0 Å². The van der Waals surface area contributed by atoms with Crippen molar-refractivity contribution in [3.05, 3.63) is 17.3 Å². The van der Waals surface area contributed by atoms with E-state index in [1.54, 1.807) is 0 Å². The van der Waals surface area contributed by atoms with Gasteiger partial charge in [0.15, 0.2) is 0 Å². The summed E-state index contributed by atoms with van der Waals surface area (Å²) in [6.45, 7) is 8.45. The molecular formula is C13H22N4O2. The van der Waals surface area contributed by atoms with Crippen molar-refractivity contribution in [2.75, 3.05) is 32.7 Å². The van der Waals surface area contributed by atoms with Crippen LogP contribution in [0.1, 0.15) is 23.8 Å². The lowest BCUT2D eigenvalue weighted by atomic mass is 10.4. The quantitative estimate of drug-likeness (QED) is 0.815. The highest BCUT2D eigenvalue weighted by Crippen LogP contribution is 2.07. The van der Waals surface area contributed by atoms with E-state index in [4.69, 9.17) is 4.42 Å². The molecule has 1 amide bonds. The number of amides is 1. The predicted octanol–water partition coefficient (Wildman–Crippen LogP) is 0.203. The summed E-state index contributed by atoms with van der Waals surface area (Å²) in [5.41, 5.74) is 0.878. The standard InChI is InChI=1S/C13H22N4O2/c1-10-11(2)19-13(16-10)8-15-12(18)9-17-6-3-4-14-5-7-17/h14H,3-9H2,1-2H3,(H,15,18). The van der Waals surface area contributed by atoms with Crippen molar-refractivity contribution < 1.29 is 9.21 Å². The molecule has 0 bridgehead atoms. The van der Waals surface area contributed by atoms with Gasteiger partial charge in [-0.15, -0.1) is 0 Å². The van der Waals surface area contributed by atoms with E-state index in [-0.39, 0.29) is 5.91 Å². The molecule has 2 N–H and O–H groups in total. The number of nitrogens with zero attached hydrogens (tertiary/aromatic N) is 2. The van der Waals surface area contributed by atoms with Crippen LogP contribution in [0.2, 0.25) is 0 Å². The lowest BCUT2D eigenvalue weighted by Crippen LogP contribution is -2.38. The van der Waals surface area contributed by atoms with Gasteiger partial charge in [0.1, 0.15) is 5.76 Å². The Bertz CT molecular complexity index is 403. The Morgan fingerprint density at radius 2 is 2.26 bits per heavy atom. The molecule has 2 heterocycles. The SMILES string of the molecule is Cc1nc(CNC(=O)CN2CCCNCC2)oc1C. The normalized spacial score (nSPS) is 17.2. The van der Waals surface area contributed by atoms with Gasteiger partial charge < -0.3 is 15.1 Å². The van der Waals surface area contributed by atoms with E-state index in [1.165, 1.54) is 0 Å². The highest BCUT2D eigenvalue weighted by atomic mass is 16.4. The van der Waals surface area contributed by atoms with Gasteiger partial charge in [-0.1, -0.05) is 0 Å². The molecule has 0 saturated carbocycles. The van der Waals surface area contributed by atoms with Crippen LogP contribution in [0, 0.1) is 13.8 Å². The molecule has 1 aliphatic heterocycles. The fraction of sp³-hybridized carbons (Fsp3) is 0.692. The summed E-state index contributed by atoms with van der Waals surface area (Å²) in [4.78, 5) is 18.3. The zero-order valence-corrected chi connectivity index (χ0v) is 11.7. The van der Waals surface area contributed by atoms with E-state index in [0.717, 1.165) is 44.1 Å². The minimum absolute atomic E-state index is 0.0235. The lowest BCUT2D eigenvalue weighted by Gasteiger charge is -2.18. The van der Waals surface area contributed by atoms with Gasteiger partial charge >= 0.3 is 0 Å². The summed E-state index contributed by atoms with van der Waals surface area (Å²) < 4.78 is 5.43. The van der Waals surface area contributed by atoms with Crippen LogP contribution < -0.4 is 10.6 Å². The van der Waals surface area contributed by atoms with Crippen LogP contribution in [0.5, 0.6) is 0 Å². The third kappa shape index (κ3) is 4.33. The Morgan fingerprint density at radius 3 is 3.00 bits per heavy atom. The van der Waals surface area contributed by atoms with Crippen molar-refractivity contribution in [3.8, 4) is 0 Å². The molecule has 0 atom stereocenters. The summed E-state index contributed by atoms with van der Waals surface area (Å²) in [5, 5.41) is 6.17. The Labute approximate surface area is 113 Å². The number of carbonyl (C=O) groups excluding carboxylic acids is 1. The molecule has 0 aliphatic carbocycles. The fourth-order valence-electron chi connectivity index (χ4n) is 2.11. The molecule has 0 unspecified atom stereocenters. The summed E-state index contributed by atoms with van der Waals surface area (Å²) in [5.74, 6) is 1.40. The number of aryl methyl sites for hydroxylation is 2. The van der Waals surface area contributed by atoms with Crippen molar-refractivity contribution >= 4 is 5.91 Å². The minimum atomic E-state index is 0.0235. The first-order valence-corrected chi connectivity index (χ1v) is 6.78. The van der Waals surface area contributed by atoms with Gasteiger partial charge in [-0.25, -0.2) is 4.98 Å². The van der Waals surface area contributed by atoms with Crippen LogP contribution in [0.3, 0.4) is 0 Å². The van der Waals surface area contributed by atoms with Gasteiger partial charge in [-0.2, -0.15) is 0 Å². The average Bonchev–Trinajstić information content (AvgIpc) is 2.58. The zero-order valence-electron chi connectivity index (χ0n) is 11.7. The molecular weight excluding hydrogens is 244 g/mol. The highest BCUT2D eigenvalue weighted by Gasteiger charge is 2.13. The van der Waals surface area contributed by atoms with Crippen LogP contribution in [0.25, 0.3) is 0 Å². The molecule has 0 aromatic carbocycles. The van der Waals surface area contributed by atoms with Gasteiger partial charge in [0.05, 0.1) is 18.8 Å². The maximum atomic E-state index is 11.8. The van der Waals surface area contributed by atoms with Crippen LogP contribution in [-0.2, 0) is 11.3 Å². The molecule has 0 spiro atoms.